The molecule has 1 amide bonds. The second-order valence-electron chi connectivity index (χ2n) is 7.27. The molecule has 0 spiro atoms. The quantitative estimate of drug-likeness (QED) is 0.255. The van der Waals surface area contributed by atoms with Gasteiger partial charge in [-0.15, -0.1) is 0 Å². The maximum atomic E-state index is 13.2. The van der Waals surface area contributed by atoms with Crippen LogP contribution in [0.3, 0.4) is 0 Å². The lowest BCUT2D eigenvalue weighted by molar-refractivity contribution is -0.140. The predicted molar refractivity (Wildman–Crippen MR) is 123 cm³/mol. The van der Waals surface area contributed by atoms with Crippen molar-refractivity contribution in [3.8, 4) is 17.2 Å². The van der Waals surface area contributed by atoms with Crippen LogP contribution in [-0.4, -0.2) is 63.3 Å². The van der Waals surface area contributed by atoms with Gasteiger partial charge in [-0.05, 0) is 30.7 Å². The Bertz CT molecular complexity index is 1080. The molecule has 9 heteroatoms. The van der Waals surface area contributed by atoms with Crippen LogP contribution >= 0.6 is 11.6 Å². The Balaban J connectivity index is 2.28. The van der Waals surface area contributed by atoms with Gasteiger partial charge in [0.2, 0.25) is 0 Å². The fourth-order valence-electron chi connectivity index (χ4n) is 3.95. The molecular formula is C24H26ClNO7. The summed E-state index contributed by atoms with van der Waals surface area (Å²) in [6, 6.07) is 8.90. The molecule has 1 N–H and O–H groups in total. The molecule has 1 aliphatic rings. The number of hydrogen-bond donors (Lipinski definition) is 1. The van der Waals surface area contributed by atoms with E-state index in [-0.39, 0.29) is 17.7 Å². The second-order valence-corrected chi connectivity index (χ2v) is 7.70. The Morgan fingerprint density at radius 1 is 1.03 bits per heavy atom. The third kappa shape index (κ3) is 4.62. The highest BCUT2D eigenvalue weighted by Crippen LogP contribution is 2.46. The van der Waals surface area contributed by atoms with Gasteiger partial charge in [0, 0.05) is 30.8 Å². The summed E-state index contributed by atoms with van der Waals surface area (Å²) in [5.41, 5.74) is 0.604. The number of likely N-dealkylation sites (tertiary alicyclic amines) is 1. The molecular weight excluding hydrogens is 450 g/mol. The maximum absolute atomic E-state index is 13.2. The largest absolute Gasteiger partial charge is 0.507 e. The number of aliphatic hydroxyl groups is 1. The van der Waals surface area contributed by atoms with Crippen molar-refractivity contribution in [3.63, 3.8) is 0 Å². The van der Waals surface area contributed by atoms with E-state index in [1.807, 2.05) is 0 Å². The second kappa shape index (κ2) is 10.6. The molecule has 2 aromatic carbocycles. The van der Waals surface area contributed by atoms with E-state index in [1.165, 1.54) is 32.3 Å². The molecule has 1 aliphatic heterocycles. The van der Waals surface area contributed by atoms with Crippen molar-refractivity contribution in [2.24, 2.45) is 0 Å². The van der Waals surface area contributed by atoms with E-state index in [0.29, 0.717) is 40.9 Å². The van der Waals surface area contributed by atoms with E-state index in [2.05, 4.69) is 0 Å². The van der Waals surface area contributed by atoms with Crippen molar-refractivity contribution < 1.29 is 33.6 Å². The van der Waals surface area contributed by atoms with Crippen molar-refractivity contribution >= 4 is 29.1 Å². The summed E-state index contributed by atoms with van der Waals surface area (Å²) in [5.74, 6) is -0.855. The van der Waals surface area contributed by atoms with Crippen LogP contribution in [0.15, 0.2) is 42.0 Å². The van der Waals surface area contributed by atoms with Gasteiger partial charge >= 0.3 is 0 Å². The summed E-state index contributed by atoms with van der Waals surface area (Å²) in [5, 5.41) is 11.6. The number of amides is 1. The average Bonchev–Trinajstić information content (AvgIpc) is 3.07. The van der Waals surface area contributed by atoms with Gasteiger partial charge in [-0.3, -0.25) is 9.59 Å². The van der Waals surface area contributed by atoms with E-state index >= 15 is 0 Å². The molecule has 176 valence electrons. The molecule has 3 rings (SSSR count). The van der Waals surface area contributed by atoms with Crippen molar-refractivity contribution in [2.45, 2.75) is 12.5 Å². The minimum atomic E-state index is -0.921. The SMILES string of the molecule is COCCCN1C(=O)C(=O)/C(=C(/O)c2cc(Cl)ccc2OC)C1c1cccc(OC)c1OC. The lowest BCUT2D eigenvalue weighted by Gasteiger charge is -2.27. The summed E-state index contributed by atoms with van der Waals surface area (Å²) in [7, 11) is 5.96. The Labute approximate surface area is 197 Å². The molecule has 0 saturated carbocycles. The minimum absolute atomic E-state index is 0.0930. The van der Waals surface area contributed by atoms with Crippen molar-refractivity contribution in [1.29, 1.82) is 0 Å². The maximum Gasteiger partial charge on any atom is 0.295 e. The summed E-state index contributed by atoms with van der Waals surface area (Å²) >= 11 is 6.14. The molecule has 1 atom stereocenters. The van der Waals surface area contributed by atoms with Gasteiger partial charge in [0.05, 0.1) is 38.5 Å². The van der Waals surface area contributed by atoms with Gasteiger partial charge in [0.15, 0.2) is 11.5 Å². The lowest BCUT2D eigenvalue weighted by atomic mass is 9.94. The number of aliphatic hydroxyl groups excluding tert-OH is 1. The standard InChI is InChI=1S/C24H26ClNO7/c1-30-12-6-11-26-20(15-7-5-8-18(32-3)23(15)33-4)19(22(28)24(26)29)21(27)16-13-14(25)9-10-17(16)31-2/h5,7-10,13,20,27H,6,11-12H2,1-4H3/b21-19+. The number of ether oxygens (including phenoxy) is 4. The Morgan fingerprint density at radius 3 is 2.39 bits per heavy atom. The Morgan fingerprint density at radius 2 is 1.76 bits per heavy atom. The molecule has 0 aliphatic carbocycles. The number of hydrogen-bond acceptors (Lipinski definition) is 7. The third-order valence-corrected chi connectivity index (χ3v) is 5.67. The first kappa shape index (κ1) is 24.4. The highest BCUT2D eigenvalue weighted by atomic mass is 35.5. The van der Waals surface area contributed by atoms with Crippen LogP contribution in [0.1, 0.15) is 23.6 Å². The van der Waals surface area contributed by atoms with Crippen LogP contribution in [0.4, 0.5) is 0 Å². The minimum Gasteiger partial charge on any atom is -0.507 e. The van der Waals surface area contributed by atoms with Gasteiger partial charge in [-0.25, -0.2) is 0 Å². The van der Waals surface area contributed by atoms with Gasteiger partial charge in [0.25, 0.3) is 11.7 Å². The first-order chi connectivity index (χ1) is 15.9. The zero-order chi connectivity index (χ0) is 24.1. The molecule has 1 fully saturated rings. The number of para-hydroxylation sites is 1. The first-order valence-corrected chi connectivity index (χ1v) is 10.6. The van der Waals surface area contributed by atoms with E-state index in [0.717, 1.165) is 0 Å². The van der Waals surface area contributed by atoms with E-state index < -0.39 is 23.5 Å². The van der Waals surface area contributed by atoms with Gasteiger partial charge in [-0.2, -0.15) is 0 Å². The molecule has 1 saturated heterocycles. The van der Waals surface area contributed by atoms with E-state index in [1.54, 1.807) is 37.4 Å². The van der Waals surface area contributed by atoms with Gasteiger partial charge in [0.1, 0.15) is 11.5 Å². The van der Waals surface area contributed by atoms with Crippen LogP contribution in [0.5, 0.6) is 17.2 Å². The number of ketones is 1. The van der Waals surface area contributed by atoms with Crippen LogP contribution in [0, 0.1) is 0 Å². The molecule has 8 nitrogen and oxygen atoms in total. The number of nitrogens with zero attached hydrogens (tertiary/aromatic N) is 1. The van der Waals surface area contributed by atoms with Gasteiger partial charge < -0.3 is 29.0 Å². The van der Waals surface area contributed by atoms with E-state index in [4.69, 9.17) is 30.5 Å². The summed E-state index contributed by atoms with van der Waals surface area (Å²) in [4.78, 5) is 27.7. The zero-order valence-electron chi connectivity index (χ0n) is 18.9. The summed E-state index contributed by atoms with van der Waals surface area (Å²) in [6.07, 6.45) is 0.493. The molecule has 2 aromatic rings. The first-order valence-electron chi connectivity index (χ1n) is 10.2. The lowest BCUT2D eigenvalue weighted by Crippen LogP contribution is -2.31. The number of Topliss-reactive ketones (excluding diaryl/α,β-unsaturated/α-hetero) is 1. The molecule has 0 radical (unpaired) electrons. The van der Waals surface area contributed by atoms with Crippen LogP contribution in [0.2, 0.25) is 5.02 Å². The smallest absolute Gasteiger partial charge is 0.295 e. The number of benzene rings is 2. The monoisotopic (exact) mass is 475 g/mol. The third-order valence-electron chi connectivity index (χ3n) is 5.43. The number of carbonyl (C=O) groups excluding carboxylic acids is 2. The average molecular weight is 476 g/mol. The topological polar surface area (TPSA) is 94.5 Å². The molecule has 1 heterocycles. The van der Waals surface area contributed by atoms with Gasteiger partial charge in [-0.1, -0.05) is 23.7 Å². The van der Waals surface area contributed by atoms with Crippen LogP contribution < -0.4 is 14.2 Å². The fourth-order valence-corrected chi connectivity index (χ4v) is 4.12. The highest BCUT2D eigenvalue weighted by molar-refractivity contribution is 6.46. The van der Waals surface area contributed by atoms with Crippen LogP contribution in [0.25, 0.3) is 5.76 Å². The molecule has 0 aromatic heterocycles. The number of rotatable bonds is 9. The Kier molecular flexibility index (Phi) is 7.84. The molecule has 33 heavy (non-hydrogen) atoms. The fraction of sp³-hybridized carbons (Fsp3) is 0.333. The Hall–Kier alpha value is -3.23. The molecule has 1 unspecified atom stereocenters. The van der Waals surface area contributed by atoms with Crippen molar-refractivity contribution in [1.82, 2.24) is 4.90 Å². The molecule has 0 bridgehead atoms. The van der Waals surface area contributed by atoms with Crippen LogP contribution in [-0.2, 0) is 14.3 Å². The highest BCUT2D eigenvalue weighted by Gasteiger charge is 2.47. The summed E-state index contributed by atoms with van der Waals surface area (Å²) in [6.45, 7) is 0.625. The number of carbonyl (C=O) groups is 2. The number of halogens is 1. The van der Waals surface area contributed by atoms with Crippen molar-refractivity contribution in [3.05, 3.63) is 58.1 Å². The zero-order valence-corrected chi connectivity index (χ0v) is 19.6. The summed E-state index contributed by atoms with van der Waals surface area (Å²) < 4.78 is 21.4. The van der Waals surface area contributed by atoms with Crippen molar-refractivity contribution in [2.75, 3.05) is 41.6 Å². The van der Waals surface area contributed by atoms with E-state index in [9.17, 15) is 14.7 Å². The predicted octanol–water partition coefficient (Wildman–Crippen LogP) is 3.82. The number of methoxy groups -OCH3 is 4. The normalized spacial score (nSPS) is 17.4.